The van der Waals surface area contributed by atoms with Crippen molar-refractivity contribution in [3.8, 4) is 0 Å². The summed E-state index contributed by atoms with van der Waals surface area (Å²) in [6.07, 6.45) is 3.15. The second kappa shape index (κ2) is 5.40. The van der Waals surface area contributed by atoms with Gasteiger partial charge in [-0.3, -0.25) is 4.79 Å². The van der Waals surface area contributed by atoms with Crippen LogP contribution in [0, 0.1) is 11.8 Å². The van der Waals surface area contributed by atoms with E-state index in [0.29, 0.717) is 5.92 Å². The van der Waals surface area contributed by atoms with Crippen molar-refractivity contribution < 1.29 is 40.6 Å². The number of nitrogens with zero attached hydrogens (tertiary/aromatic N) is 1. The van der Waals surface area contributed by atoms with Gasteiger partial charge in [-0.05, 0) is 31.8 Å². The minimum Gasteiger partial charge on any atom is -1.00 e. The van der Waals surface area contributed by atoms with Crippen LogP contribution in [0.1, 0.15) is 20.7 Å². The fourth-order valence-corrected chi connectivity index (χ4v) is 2.56. The minimum atomic E-state index is 0. The maximum atomic E-state index is 11.5. The molecule has 3 rings (SSSR count). The van der Waals surface area contributed by atoms with E-state index >= 15 is 0 Å². The van der Waals surface area contributed by atoms with Gasteiger partial charge in [-0.1, -0.05) is 0 Å². The molecule has 3 saturated heterocycles. The largest absolute Gasteiger partial charge is 1.00 e. The number of carbonyl (C=O) groups excluding carboxylic acids is 2. The molecule has 0 aromatic heterocycles. The third-order valence-electron chi connectivity index (χ3n) is 3.35. The van der Waals surface area contributed by atoms with Crippen molar-refractivity contribution in [2.24, 2.45) is 11.8 Å². The van der Waals surface area contributed by atoms with Crippen LogP contribution in [-0.2, 0) is 9.59 Å². The molecular formula is C10H16NNaO2. The molecule has 3 nitrogen and oxygen atoms in total. The third-order valence-corrected chi connectivity index (χ3v) is 3.35. The molecule has 0 aliphatic carbocycles. The monoisotopic (exact) mass is 205 g/mol. The minimum absolute atomic E-state index is 0. The fourth-order valence-electron chi connectivity index (χ4n) is 2.56. The van der Waals surface area contributed by atoms with E-state index in [1.54, 1.807) is 0 Å². The van der Waals surface area contributed by atoms with Crippen molar-refractivity contribution in [2.45, 2.75) is 19.3 Å². The molecule has 74 valence electrons. The first-order valence-electron chi connectivity index (χ1n) is 5.00. The van der Waals surface area contributed by atoms with Crippen molar-refractivity contribution in [3.05, 3.63) is 0 Å². The second-order valence-electron chi connectivity index (χ2n) is 4.08. The average molecular weight is 205 g/mol. The second-order valence-corrected chi connectivity index (χ2v) is 4.08. The maximum absolute atomic E-state index is 11.5. The summed E-state index contributed by atoms with van der Waals surface area (Å²) in [5.74, 6) is 0.884. The molecule has 1 unspecified atom stereocenters. The molecule has 0 N–H and O–H groups in total. The van der Waals surface area contributed by atoms with Crippen molar-refractivity contribution in [2.75, 3.05) is 19.6 Å². The Bertz CT molecular complexity index is 229. The summed E-state index contributed by atoms with van der Waals surface area (Å²) in [4.78, 5) is 24.1. The van der Waals surface area contributed by atoms with Gasteiger partial charge >= 0.3 is 29.6 Å². The number of carbonyl (C=O) groups is 2. The van der Waals surface area contributed by atoms with E-state index in [2.05, 4.69) is 4.90 Å². The molecule has 3 fully saturated rings. The molecular weight excluding hydrogens is 189 g/mol. The van der Waals surface area contributed by atoms with Crippen LogP contribution in [0.4, 0.5) is 0 Å². The Morgan fingerprint density at radius 3 is 2.50 bits per heavy atom. The normalized spacial score (nSPS) is 34.7. The van der Waals surface area contributed by atoms with Crippen LogP contribution in [0.15, 0.2) is 0 Å². The molecule has 0 radical (unpaired) electrons. The number of ketones is 1. The molecule has 0 spiro atoms. The summed E-state index contributed by atoms with van der Waals surface area (Å²) in [7, 11) is 0. The zero-order valence-electron chi connectivity index (χ0n) is 9.74. The summed E-state index contributed by atoms with van der Waals surface area (Å²) >= 11 is 0. The Kier molecular flexibility index (Phi) is 4.77. The van der Waals surface area contributed by atoms with Crippen molar-refractivity contribution >= 4 is 12.1 Å². The molecule has 4 heteroatoms. The van der Waals surface area contributed by atoms with Crippen LogP contribution in [0.5, 0.6) is 0 Å². The summed E-state index contributed by atoms with van der Waals surface area (Å²) < 4.78 is 0. The van der Waals surface area contributed by atoms with Crippen molar-refractivity contribution in [1.29, 1.82) is 0 Å². The molecule has 3 aliphatic rings. The van der Waals surface area contributed by atoms with E-state index < -0.39 is 0 Å². The number of rotatable bonds is 3. The zero-order chi connectivity index (χ0) is 9.26. The van der Waals surface area contributed by atoms with Gasteiger partial charge in [-0.2, -0.15) is 0 Å². The smallest absolute Gasteiger partial charge is 1.00 e. The van der Waals surface area contributed by atoms with E-state index in [9.17, 15) is 9.59 Å². The van der Waals surface area contributed by atoms with E-state index in [1.807, 2.05) is 0 Å². The third kappa shape index (κ3) is 2.45. The van der Waals surface area contributed by atoms with Crippen LogP contribution in [-0.4, -0.2) is 36.6 Å². The van der Waals surface area contributed by atoms with E-state index in [0.717, 1.165) is 38.8 Å². The molecule has 2 bridgehead atoms. The van der Waals surface area contributed by atoms with Crippen molar-refractivity contribution in [1.82, 2.24) is 4.90 Å². The number of hydrogen-bond donors (Lipinski definition) is 0. The van der Waals surface area contributed by atoms with E-state index in [4.69, 9.17) is 0 Å². The van der Waals surface area contributed by atoms with Gasteiger partial charge in [-0.25, -0.2) is 0 Å². The van der Waals surface area contributed by atoms with Gasteiger partial charge in [0.15, 0.2) is 0 Å². The quantitative estimate of drug-likeness (QED) is 0.293. The number of aldehydes is 1. The van der Waals surface area contributed by atoms with E-state index in [-0.39, 0.29) is 49.1 Å². The number of piperidine rings is 3. The first kappa shape index (κ1) is 12.4. The molecule has 0 aromatic carbocycles. The van der Waals surface area contributed by atoms with E-state index in [1.165, 1.54) is 0 Å². The van der Waals surface area contributed by atoms with Gasteiger partial charge in [-0.15, -0.1) is 0 Å². The summed E-state index contributed by atoms with van der Waals surface area (Å²) in [5, 5.41) is 0. The predicted molar refractivity (Wildman–Crippen MR) is 49.5 cm³/mol. The molecule has 0 aromatic rings. The van der Waals surface area contributed by atoms with Crippen LogP contribution < -0.4 is 29.6 Å². The molecule has 0 amide bonds. The standard InChI is InChI=1S/C10H15NO2.Na.H/c12-6-3-10(13)9-7-11-4-1-8(9)2-5-11;;/h6,8-9H,1-5,7H2;;/q;+1;-1. The van der Waals surface area contributed by atoms with Crippen molar-refractivity contribution in [3.63, 3.8) is 0 Å². The van der Waals surface area contributed by atoms with Crippen LogP contribution in [0.25, 0.3) is 0 Å². The van der Waals surface area contributed by atoms with Gasteiger partial charge in [0.2, 0.25) is 0 Å². The molecule has 14 heavy (non-hydrogen) atoms. The number of Topliss-reactive ketones (excluding diaryl/α,β-unsaturated/α-hetero) is 1. The SMILES string of the molecule is O=CCC(=O)C1CN2CCC1CC2.[H-].[Na+]. The zero-order valence-corrected chi connectivity index (χ0v) is 10.7. The van der Waals surface area contributed by atoms with Gasteiger partial charge in [0.1, 0.15) is 12.1 Å². The maximum Gasteiger partial charge on any atom is 1.00 e. The van der Waals surface area contributed by atoms with Crippen LogP contribution in [0.2, 0.25) is 0 Å². The Morgan fingerprint density at radius 2 is 2.07 bits per heavy atom. The number of fused-ring (bicyclic) bond motifs is 3. The Morgan fingerprint density at radius 1 is 1.43 bits per heavy atom. The average Bonchev–Trinajstić information content (AvgIpc) is 2.20. The van der Waals surface area contributed by atoms with Crippen LogP contribution in [0.3, 0.4) is 0 Å². The van der Waals surface area contributed by atoms with Gasteiger partial charge in [0.05, 0.1) is 6.42 Å². The summed E-state index contributed by atoms with van der Waals surface area (Å²) in [6, 6.07) is 0. The molecule has 3 heterocycles. The Hall–Kier alpha value is 0.300. The predicted octanol–water partition coefficient (Wildman–Crippen LogP) is -2.40. The van der Waals surface area contributed by atoms with Gasteiger partial charge < -0.3 is 11.1 Å². The molecule has 3 aliphatic heterocycles. The molecule has 0 saturated carbocycles. The first-order chi connectivity index (χ1) is 6.31. The summed E-state index contributed by atoms with van der Waals surface area (Å²) in [6.45, 7) is 3.20. The molecule has 1 atom stereocenters. The Labute approximate surface area is 108 Å². The topological polar surface area (TPSA) is 37.4 Å². The number of hydrogen-bond acceptors (Lipinski definition) is 3. The first-order valence-corrected chi connectivity index (χ1v) is 5.00. The Balaban J connectivity index is 0.000000980. The van der Waals surface area contributed by atoms with Crippen LogP contribution >= 0.6 is 0 Å². The van der Waals surface area contributed by atoms with Gasteiger partial charge in [0.25, 0.3) is 0 Å². The fraction of sp³-hybridized carbons (Fsp3) is 0.800. The van der Waals surface area contributed by atoms with Gasteiger partial charge in [0, 0.05) is 12.5 Å². The summed E-state index contributed by atoms with van der Waals surface area (Å²) in [5.41, 5.74) is 0.